The summed E-state index contributed by atoms with van der Waals surface area (Å²) in [5.41, 5.74) is 0.0395. The van der Waals surface area contributed by atoms with Gasteiger partial charge in [-0.25, -0.2) is 8.78 Å². The van der Waals surface area contributed by atoms with Gasteiger partial charge in [-0.3, -0.25) is 0 Å². The third kappa shape index (κ3) is 2.25. The monoisotopic (exact) mass is 230 g/mol. The van der Waals surface area contributed by atoms with Crippen LogP contribution in [0.3, 0.4) is 0 Å². The smallest absolute Gasteiger partial charge is 0.190 e. The number of hydrogen-bond donors (Lipinski definition) is 1. The van der Waals surface area contributed by atoms with Crippen LogP contribution in [0.25, 0.3) is 0 Å². The average molecular weight is 230 g/mol. The number of para-hydroxylation sites is 1. The van der Waals surface area contributed by atoms with Crippen molar-refractivity contribution in [2.45, 2.75) is 12.8 Å². The van der Waals surface area contributed by atoms with E-state index < -0.39 is 11.6 Å². The van der Waals surface area contributed by atoms with Crippen LogP contribution in [0.4, 0.5) is 8.78 Å². The van der Waals surface area contributed by atoms with Crippen molar-refractivity contribution in [3.63, 3.8) is 0 Å². The Kier molecular flexibility index (Phi) is 2.87. The van der Waals surface area contributed by atoms with E-state index in [1.807, 2.05) is 0 Å². The van der Waals surface area contributed by atoms with Gasteiger partial charge in [0, 0.05) is 5.41 Å². The van der Waals surface area contributed by atoms with E-state index in [0.717, 1.165) is 12.8 Å². The van der Waals surface area contributed by atoms with Gasteiger partial charge < -0.3 is 4.74 Å². The van der Waals surface area contributed by atoms with E-state index in [1.165, 1.54) is 18.2 Å². The molecule has 1 nitrogen and oxygen atoms in total. The van der Waals surface area contributed by atoms with Crippen LogP contribution >= 0.6 is 12.6 Å². The zero-order chi connectivity index (χ0) is 10.9. The molecule has 1 aromatic carbocycles. The highest BCUT2D eigenvalue weighted by molar-refractivity contribution is 7.80. The highest BCUT2D eigenvalue weighted by Gasteiger charge is 2.42. The lowest BCUT2D eigenvalue weighted by atomic mass is 10.2. The third-order valence-corrected chi connectivity index (χ3v) is 3.40. The minimum atomic E-state index is -0.648. The SMILES string of the molecule is Fc1cccc(F)c1OCC1(CS)CC1. The summed E-state index contributed by atoms with van der Waals surface area (Å²) in [5, 5.41) is 0. The summed E-state index contributed by atoms with van der Waals surface area (Å²) in [7, 11) is 0. The lowest BCUT2D eigenvalue weighted by molar-refractivity contribution is 0.229. The fraction of sp³-hybridized carbons (Fsp3) is 0.455. The normalized spacial score (nSPS) is 17.5. The Morgan fingerprint density at radius 3 is 2.33 bits per heavy atom. The van der Waals surface area contributed by atoms with Crippen molar-refractivity contribution in [2.24, 2.45) is 5.41 Å². The zero-order valence-corrected chi connectivity index (χ0v) is 9.07. The number of thiol groups is 1. The predicted octanol–water partition coefficient (Wildman–Crippen LogP) is 3.05. The standard InChI is InChI=1S/C11H12F2OS/c12-8-2-1-3-9(13)10(8)14-6-11(7-15)4-5-11/h1-3,15H,4-7H2. The molecule has 1 aliphatic rings. The molecule has 0 aromatic heterocycles. The molecule has 15 heavy (non-hydrogen) atoms. The molecule has 0 saturated heterocycles. The summed E-state index contributed by atoms with van der Waals surface area (Å²) < 4.78 is 31.5. The van der Waals surface area contributed by atoms with Gasteiger partial charge in [0.1, 0.15) is 0 Å². The van der Waals surface area contributed by atoms with Crippen LogP contribution < -0.4 is 4.74 Å². The van der Waals surface area contributed by atoms with Crippen LogP contribution in [0.1, 0.15) is 12.8 Å². The maximum Gasteiger partial charge on any atom is 0.190 e. The summed E-state index contributed by atoms with van der Waals surface area (Å²) in [5.74, 6) is -0.872. The molecule has 1 aliphatic carbocycles. The summed E-state index contributed by atoms with van der Waals surface area (Å²) in [4.78, 5) is 0. The van der Waals surface area contributed by atoms with Crippen LogP contribution in [0.2, 0.25) is 0 Å². The molecule has 0 radical (unpaired) electrons. The van der Waals surface area contributed by atoms with E-state index in [-0.39, 0.29) is 11.2 Å². The number of benzene rings is 1. The Morgan fingerprint density at radius 2 is 1.87 bits per heavy atom. The average Bonchev–Trinajstić information content (AvgIpc) is 2.98. The van der Waals surface area contributed by atoms with E-state index in [4.69, 9.17) is 4.74 Å². The second-order valence-corrected chi connectivity index (χ2v) is 4.31. The zero-order valence-electron chi connectivity index (χ0n) is 8.17. The molecule has 82 valence electrons. The van der Waals surface area contributed by atoms with E-state index in [0.29, 0.717) is 12.4 Å². The van der Waals surface area contributed by atoms with Crippen LogP contribution in [-0.2, 0) is 0 Å². The van der Waals surface area contributed by atoms with E-state index in [1.54, 1.807) is 0 Å². The first-order valence-electron chi connectivity index (χ1n) is 4.85. The fourth-order valence-electron chi connectivity index (χ4n) is 1.37. The van der Waals surface area contributed by atoms with Crippen molar-refractivity contribution in [1.82, 2.24) is 0 Å². The molecule has 2 rings (SSSR count). The van der Waals surface area contributed by atoms with Gasteiger partial charge in [-0.2, -0.15) is 12.6 Å². The highest BCUT2D eigenvalue weighted by Crippen LogP contribution is 2.46. The largest absolute Gasteiger partial charge is 0.487 e. The van der Waals surface area contributed by atoms with Crippen LogP contribution in [0.15, 0.2) is 18.2 Å². The molecule has 1 saturated carbocycles. The molecule has 1 aromatic rings. The number of hydrogen-bond acceptors (Lipinski definition) is 2. The van der Waals surface area contributed by atoms with E-state index in [9.17, 15) is 8.78 Å². The second-order valence-electron chi connectivity index (χ2n) is 4.00. The lowest BCUT2D eigenvalue weighted by Gasteiger charge is -2.14. The summed E-state index contributed by atoms with van der Waals surface area (Å²) in [6.45, 7) is 0.342. The number of rotatable bonds is 4. The molecule has 0 heterocycles. The molecule has 0 N–H and O–H groups in total. The Hall–Kier alpha value is -0.770. The maximum absolute atomic E-state index is 13.2. The second kappa shape index (κ2) is 4.00. The van der Waals surface area contributed by atoms with Crippen molar-refractivity contribution < 1.29 is 13.5 Å². The van der Waals surface area contributed by atoms with Crippen molar-refractivity contribution in [1.29, 1.82) is 0 Å². The molecule has 0 spiro atoms. The molecule has 0 atom stereocenters. The van der Waals surface area contributed by atoms with Gasteiger partial charge in [0.2, 0.25) is 0 Å². The van der Waals surface area contributed by atoms with E-state index >= 15 is 0 Å². The van der Waals surface area contributed by atoms with Gasteiger partial charge in [-0.15, -0.1) is 0 Å². The summed E-state index contributed by atoms with van der Waals surface area (Å²) >= 11 is 4.19. The van der Waals surface area contributed by atoms with Gasteiger partial charge in [-0.1, -0.05) is 6.07 Å². The molecule has 0 amide bonds. The Bertz CT molecular complexity index is 343. The number of ether oxygens (including phenoxy) is 1. The highest BCUT2D eigenvalue weighted by atomic mass is 32.1. The maximum atomic E-state index is 13.2. The fourth-order valence-corrected chi connectivity index (χ4v) is 1.78. The van der Waals surface area contributed by atoms with Crippen LogP contribution in [-0.4, -0.2) is 12.4 Å². The Balaban J connectivity index is 2.05. The van der Waals surface area contributed by atoms with Gasteiger partial charge in [0.15, 0.2) is 17.4 Å². The molecular weight excluding hydrogens is 218 g/mol. The first-order valence-corrected chi connectivity index (χ1v) is 5.48. The van der Waals surface area contributed by atoms with Crippen molar-refractivity contribution in [3.05, 3.63) is 29.8 Å². The number of halogens is 2. The lowest BCUT2D eigenvalue weighted by Crippen LogP contribution is -2.15. The van der Waals surface area contributed by atoms with Crippen LogP contribution in [0.5, 0.6) is 5.75 Å². The first-order chi connectivity index (χ1) is 7.17. The minimum Gasteiger partial charge on any atom is -0.487 e. The summed E-state index contributed by atoms with van der Waals surface area (Å²) in [6, 6.07) is 3.71. The molecule has 0 aliphatic heterocycles. The van der Waals surface area contributed by atoms with E-state index in [2.05, 4.69) is 12.6 Å². The molecule has 1 fully saturated rings. The predicted molar refractivity (Wildman–Crippen MR) is 57.4 cm³/mol. The van der Waals surface area contributed by atoms with Gasteiger partial charge in [0.05, 0.1) is 6.61 Å². The molecule has 0 bridgehead atoms. The third-order valence-electron chi connectivity index (χ3n) is 2.73. The van der Waals surface area contributed by atoms with Crippen molar-refractivity contribution in [3.8, 4) is 5.75 Å². The van der Waals surface area contributed by atoms with Crippen LogP contribution in [0, 0.1) is 17.0 Å². The quantitative estimate of drug-likeness (QED) is 0.782. The topological polar surface area (TPSA) is 9.23 Å². The summed E-state index contributed by atoms with van der Waals surface area (Å²) in [6.07, 6.45) is 2.04. The first kappa shape index (κ1) is 10.7. The van der Waals surface area contributed by atoms with Crippen molar-refractivity contribution >= 4 is 12.6 Å². The molecular formula is C11H12F2OS. The minimum absolute atomic E-state index is 0.0395. The van der Waals surface area contributed by atoms with Crippen molar-refractivity contribution in [2.75, 3.05) is 12.4 Å². The van der Waals surface area contributed by atoms with Gasteiger partial charge >= 0.3 is 0 Å². The van der Waals surface area contributed by atoms with Gasteiger partial charge in [0.25, 0.3) is 0 Å². The Labute approximate surface area is 92.8 Å². The molecule has 4 heteroatoms. The van der Waals surface area contributed by atoms with Gasteiger partial charge in [-0.05, 0) is 30.7 Å². The Morgan fingerprint density at radius 1 is 1.27 bits per heavy atom. The molecule has 0 unspecified atom stereocenters.